The highest BCUT2D eigenvalue weighted by Crippen LogP contribution is 2.07. The molecule has 0 unspecified atom stereocenters. The molecule has 1 rings (SSSR count). The zero-order chi connectivity index (χ0) is 10.4. The minimum atomic E-state index is 0.0511. The van der Waals surface area contributed by atoms with Crippen molar-refractivity contribution in [1.82, 2.24) is 15.5 Å². The SMILES string of the molecule is CC(=O)NCCNC1CCN(C)CC1. The van der Waals surface area contributed by atoms with Crippen LogP contribution in [0, 0.1) is 0 Å². The molecule has 0 aromatic rings. The van der Waals surface area contributed by atoms with Crippen molar-refractivity contribution < 1.29 is 4.79 Å². The van der Waals surface area contributed by atoms with Gasteiger partial charge in [-0.25, -0.2) is 0 Å². The van der Waals surface area contributed by atoms with Gasteiger partial charge < -0.3 is 15.5 Å². The number of carbonyl (C=O) groups excluding carboxylic acids is 1. The van der Waals surface area contributed by atoms with Crippen LogP contribution in [0.1, 0.15) is 19.8 Å². The molecule has 0 spiro atoms. The Balaban J connectivity index is 1.99. The molecule has 82 valence electrons. The molecule has 0 saturated carbocycles. The lowest BCUT2D eigenvalue weighted by molar-refractivity contribution is -0.118. The van der Waals surface area contributed by atoms with Gasteiger partial charge in [0, 0.05) is 26.1 Å². The molecule has 4 heteroatoms. The van der Waals surface area contributed by atoms with E-state index in [9.17, 15) is 4.79 Å². The fourth-order valence-electron chi connectivity index (χ4n) is 1.73. The zero-order valence-corrected chi connectivity index (χ0v) is 9.18. The van der Waals surface area contributed by atoms with E-state index >= 15 is 0 Å². The van der Waals surface area contributed by atoms with Crippen LogP contribution in [0.5, 0.6) is 0 Å². The van der Waals surface area contributed by atoms with E-state index in [0.29, 0.717) is 6.04 Å². The van der Waals surface area contributed by atoms with Crippen LogP contribution in [0.2, 0.25) is 0 Å². The number of rotatable bonds is 4. The lowest BCUT2D eigenvalue weighted by Gasteiger charge is -2.29. The minimum absolute atomic E-state index is 0.0511. The molecule has 0 aromatic heterocycles. The molecule has 1 aliphatic rings. The average Bonchev–Trinajstić information content (AvgIpc) is 2.15. The summed E-state index contributed by atoms with van der Waals surface area (Å²) in [7, 11) is 2.16. The van der Waals surface area contributed by atoms with Gasteiger partial charge in [0.1, 0.15) is 0 Å². The number of piperidine rings is 1. The fraction of sp³-hybridized carbons (Fsp3) is 0.900. The smallest absolute Gasteiger partial charge is 0.216 e. The van der Waals surface area contributed by atoms with E-state index in [0.717, 1.165) is 13.1 Å². The van der Waals surface area contributed by atoms with E-state index in [1.54, 1.807) is 6.92 Å². The van der Waals surface area contributed by atoms with E-state index < -0.39 is 0 Å². The van der Waals surface area contributed by atoms with Crippen LogP contribution in [0.15, 0.2) is 0 Å². The van der Waals surface area contributed by atoms with E-state index in [1.165, 1.54) is 25.9 Å². The summed E-state index contributed by atoms with van der Waals surface area (Å²) in [5.41, 5.74) is 0. The number of hydrogen-bond donors (Lipinski definition) is 2. The maximum Gasteiger partial charge on any atom is 0.216 e. The Hall–Kier alpha value is -0.610. The molecule has 1 saturated heterocycles. The highest BCUT2D eigenvalue weighted by Gasteiger charge is 2.15. The predicted molar refractivity (Wildman–Crippen MR) is 57.2 cm³/mol. The third-order valence-corrected chi connectivity index (χ3v) is 2.65. The molecule has 1 fully saturated rings. The Morgan fingerprint density at radius 3 is 2.57 bits per heavy atom. The number of carbonyl (C=O) groups is 1. The monoisotopic (exact) mass is 199 g/mol. The van der Waals surface area contributed by atoms with Crippen LogP contribution in [0.3, 0.4) is 0 Å². The number of likely N-dealkylation sites (tertiary alicyclic amines) is 1. The largest absolute Gasteiger partial charge is 0.355 e. The molecule has 14 heavy (non-hydrogen) atoms. The Labute approximate surface area is 86.0 Å². The normalized spacial score (nSPS) is 19.6. The quantitative estimate of drug-likeness (QED) is 0.617. The van der Waals surface area contributed by atoms with Crippen molar-refractivity contribution in [2.75, 3.05) is 33.2 Å². The summed E-state index contributed by atoms with van der Waals surface area (Å²) in [5.74, 6) is 0.0511. The van der Waals surface area contributed by atoms with Crippen LogP contribution in [0.25, 0.3) is 0 Å². The summed E-state index contributed by atoms with van der Waals surface area (Å²) in [6.07, 6.45) is 2.44. The van der Waals surface area contributed by atoms with Crippen molar-refractivity contribution in [3.63, 3.8) is 0 Å². The fourth-order valence-corrected chi connectivity index (χ4v) is 1.73. The molecule has 1 aliphatic heterocycles. The first-order valence-electron chi connectivity index (χ1n) is 5.35. The molecule has 2 N–H and O–H groups in total. The maximum atomic E-state index is 10.6. The Kier molecular flexibility index (Phi) is 4.90. The summed E-state index contributed by atoms with van der Waals surface area (Å²) < 4.78 is 0. The number of amides is 1. The van der Waals surface area contributed by atoms with Crippen LogP contribution in [-0.4, -0.2) is 50.1 Å². The third kappa shape index (κ3) is 4.58. The van der Waals surface area contributed by atoms with Gasteiger partial charge in [0.15, 0.2) is 0 Å². The number of nitrogens with zero attached hydrogens (tertiary/aromatic N) is 1. The van der Waals surface area contributed by atoms with Crippen molar-refractivity contribution >= 4 is 5.91 Å². The highest BCUT2D eigenvalue weighted by atomic mass is 16.1. The number of hydrogen-bond acceptors (Lipinski definition) is 3. The minimum Gasteiger partial charge on any atom is -0.355 e. The van der Waals surface area contributed by atoms with Crippen molar-refractivity contribution in [1.29, 1.82) is 0 Å². The van der Waals surface area contributed by atoms with Gasteiger partial charge in [-0.1, -0.05) is 0 Å². The van der Waals surface area contributed by atoms with Gasteiger partial charge in [0.05, 0.1) is 0 Å². The van der Waals surface area contributed by atoms with Crippen LogP contribution in [-0.2, 0) is 4.79 Å². The Morgan fingerprint density at radius 2 is 2.00 bits per heavy atom. The topological polar surface area (TPSA) is 44.4 Å². The first-order chi connectivity index (χ1) is 6.68. The number of nitrogens with one attached hydrogen (secondary N) is 2. The lowest BCUT2D eigenvalue weighted by Crippen LogP contribution is -2.43. The lowest BCUT2D eigenvalue weighted by atomic mass is 10.1. The third-order valence-electron chi connectivity index (χ3n) is 2.65. The van der Waals surface area contributed by atoms with Gasteiger partial charge in [-0.2, -0.15) is 0 Å². The molecular weight excluding hydrogens is 178 g/mol. The van der Waals surface area contributed by atoms with Crippen molar-refractivity contribution in [2.24, 2.45) is 0 Å². The van der Waals surface area contributed by atoms with Gasteiger partial charge in [-0.3, -0.25) is 4.79 Å². The van der Waals surface area contributed by atoms with Gasteiger partial charge >= 0.3 is 0 Å². The highest BCUT2D eigenvalue weighted by molar-refractivity contribution is 5.72. The van der Waals surface area contributed by atoms with Gasteiger partial charge in [0.25, 0.3) is 0 Å². The van der Waals surface area contributed by atoms with Gasteiger partial charge in [-0.05, 0) is 33.0 Å². The summed E-state index contributed by atoms with van der Waals surface area (Å²) in [4.78, 5) is 12.9. The van der Waals surface area contributed by atoms with Crippen LogP contribution >= 0.6 is 0 Å². The molecule has 0 bridgehead atoms. The molecule has 0 atom stereocenters. The summed E-state index contributed by atoms with van der Waals surface area (Å²) >= 11 is 0. The Bertz CT molecular complexity index is 176. The summed E-state index contributed by atoms with van der Waals surface area (Å²) in [6.45, 7) is 5.53. The van der Waals surface area contributed by atoms with Crippen LogP contribution < -0.4 is 10.6 Å². The van der Waals surface area contributed by atoms with E-state index in [2.05, 4.69) is 22.6 Å². The molecule has 1 amide bonds. The summed E-state index contributed by atoms with van der Waals surface area (Å²) in [5, 5.41) is 6.24. The molecule has 0 radical (unpaired) electrons. The first kappa shape index (κ1) is 11.5. The second kappa shape index (κ2) is 5.98. The molecular formula is C10H21N3O. The average molecular weight is 199 g/mol. The standard InChI is InChI=1S/C10H21N3O/c1-9(14)11-5-6-12-10-3-7-13(2)8-4-10/h10,12H,3-8H2,1-2H3,(H,11,14). The van der Waals surface area contributed by atoms with Crippen molar-refractivity contribution in [3.05, 3.63) is 0 Å². The molecule has 0 aromatic carbocycles. The first-order valence-corrected chi connectivity index (χ1v) is 5.35. The van der Waals surface area contributed by atoms with E-state index in [1.807, 2.05) is 0 Å². The predicted octanol–water partition coefficient (Wildman–Crippen LogP) is -0.194. The molecule has 4 nitrogen and oxygen atoms in total. The molecule has 1 heterocycles. The van der Waals surface area contributed by atoms with E-state index in [-0.39, 0.29) is 5.91 Å². The van der Waals surface area contributed by atoms with Gasteiger partial charge in [-0.15, -0.1) is 0 Å². The van der Waals surface area contributed by atoms with Gasteiger partial charge in [0.2, 0.25) is 5.91 Å². The van der Waals surface area contributed by atoms with Crippen LogP contribution in [0.4, 0.5) is 0 Å². The summed E-state index contributed by atoms with van der Waals surface area (Å²) in [6, 6.07) is 0.639. The van der Waals surface area contributed by atoms with Crippen molar-refractivity contribution in [3.8, 4) is 0 Å². The molecule has 0 aliphatic carbocycles. The second-order valence-corrected chi connectivity index (χ2v) is 4.01. The zero-order valence-electron chi connectivity index (χ0n) is 9.18. The maximum absolute atomic E-state index is 10.6. The Morgan fingerprint density at radius 1 is 1.36 bits per heavy atom. The second-order valence-electron chi connectivity index (χ2n) is 4.01. The van der Waals surface area contributed by atoms with E-state index in [4.69, 9.17) is 0 Å². The van der Waals surface area contributed by atoms with Crippen molar-refractivity contribution in [2.45, 2.75) is 25.8 Å².